The third-order valence-electron chi connectivity index (χ3n) is 5.02. The van der Waals surface area contributed by atoms with Crippen LogP contribution < -0.4 is 0 Å². The van der Waals surface area contributed by atoms with Crippen molar-refractivity contribution in [2.75, 3.05) is 0 Å². The van der Waals surface area contributed by atoms with Gasteiger partial charge in [-0.15, -0.1) is 0 Å². The lowest BCUT2D eigenvalue weighted by Crippen LogP contribution is -2.38. The molecule has 0 heterocycles. The van der Waals surface area contributed by atoms with Crippen molar-refractivity contribution < 1.29 is 9.90 Å². The molecule has 1 N–H and O–H groups in total. The monoisotopic (exact) mass is 352 g/mol. The lowest BCUT2D eigenvalue weighted by atomic mass is 9.61. The molecule has 0 aliphatic carbocycles. The second kappa shape index (κ2) is 9.02. The molecule has 0 aromatic heterocycles. The first-order chi connectivity index (χ1) is 12.3. The molecule has 140 valence electrons. The molecule has 0 radical (unpaired) electrons. The first-order valence-corrected chi connectivity index (χ1v) is 9.66. The molecule has 1 unspecified atom stereocenters. The van der Waals surface area contributed by atoms with E-state index in [2.05, 4.69) is 39.8 Å². The van der Waals surface area contributed by atoms with Crippen molar-refractivity contribution in [3.63, 3.8) is 0 Å². The number of carbonyl (C=O) groups is 1. The molecular weight excluding hydrogens is 320 g/mol. The predicted molar refractivity (Wildman–Crippen MR) is 108 cm³/mol. The van der Waals surface area contributed by atoms with Crippen molar-refractivity contribution in [1.29, 1.82) is 0 Å². The minimum atomic E-state index is -0.714. The van der Waals surface area contributed by atoms with E-state index in [1.807, 2.05) is 48.5 Å². The SMILES string of the molecule is CC(C)CC(Cc1ccccc1)(CC(C)C)C(C(=O)O)c1ccccc1. The Balaban J connectivity index is 2.59. The number of carboxylic acids is 1. The molecule has 2 aromatic carbocycles. The van der Waals surface area contributed by atoms with Crippen LogP contribution in [0.2, 0.25) is 0 Å². The molecule has 0 aliphatic heterocycles. The average molecular weight is 353 g/mol. The van der Waals surface area contributed by atoms with Gasteiger partial charge in [-0.05, 0) is 47.6 Å². The standard InChI is InChI=1S/C24H32O2/c1-18(2)15-24(16-19(3)4,17-20-11-7-5-8-12-20)22(23(25)26)21-13-9-6-10-14-21/h5-14,18-19,22H,15-17H2,1-4H3,(H,25,26). The fourth-order valence-corrected chi connectivity index (χ4v) is 4.60. The van der Waals surface area contributed by atoms with Crippen molar-refractivity contribution in [3.05, 3.63) is 71.8 Å². The molecule has 2 aromatic rings. The number of aliphatic carboxylic acids is 1. The van der Waals surface area contributed by atoms with Crippen LogP contribution in [0.25, 0.3) is 0 Å². The molecule has 0 saturated heterocycles. The summed E-state index contributed by atoms with van der Waals surface area (Å²) in [5.74, 6) is -0.354. The first kappa shape index (κ1) is 20.2. The number of benzene rings is 2. The molecule has 26 heavy (non-hydrogen) atoms. The van der Waals surface area contributed by atoms with E-state index < -0.39 is 11.9 Å². The summed E-state index contributed by atoms with van der Waals surface area (Å²) in [6.45, 7) is 8.79. The summed E-state index contributed by atoms with van der Waals surface area (Å²) in [5, 5.41) is 10.3. The van der Waals surface area contributed by atoms with Crippen molar-refractivity contribution in [3.8, 4) is 0 Å². The molecule has 0 aliphatic rings. The lowest BCUT2D eigenvalue weighted by molar-refractivity contribution is -0.143. The Morgan fingerprint density at radius 1 is 0.846 bits per heavy atom. The first-order valence-electron chi connectivity index (χ1n) is 9.66. The van der Waals surface area contributed by atoms with Crippen LogP contribution in [0.1, 0.15) is 57.6 Å². The highest BCUT2D eigenvalue weighted by atomic mass is 16.4. The molecule has 1 atom stereocenters. The van der Waals surface area contributed by atoms with Gasteiger partial charge >= 0.3 is 5.97 Å². The van der Waals surface area contributed by atoms with E-state index in [4.69, 9.17) is 0 Å². The van der Waals surface area contributed by atoms with Gasteiger partial charge in [-0.3, -0.25) is 4.79 Å². The Morgan fingerprint density at radius 2 is 1.31 bits per heavy atom. The molecule has 0 amide bonds. The van der Waals surface area contributed by atoms with Crippen molar-refractivity contribution in [1.82, 2.24) is 0 Å². The van der Waals surface area contributed by atoms with Gasteiger partial charge in [-0.1, -0.05) is 88.4 Å². The van der Waals surface area contributed by atoms with Crippen LogP contribution in [0, 0.1) is 17.3 Å². The van der Waals surface area contributed by atoms with E-state index in [0.29, 0.717) is 11.8 Å². The Labute approximate surface area is 158 Å². The second-order valence-corrected chi connectivity index (χ2v) is 8.40. The van der Waals surface area contributed by atoms with Crippen LogP contribution in [0.5, 0.6) is 0 Å². The van der Waals surface area contributed by atoms with E-state index in [0.717, 1.165) is 24.8 Å². The van der Waals surface area contributed by atoms with Gasteiger partial charge in [0.25, 0.3) is 0 Å². The van der Waals surface area contributed by atoms with E-state index in [1.54, 1.807) is 0 Å². The highest BCUT2D eigenvalue weighted by Crippen LogP contribution is 2.48. The van der Waals surface area contributed by atoms with E-state index >= 15 is 0 Å². The Hall–Kier alpha value is -2.09. The topological polar surface area (TPSA) is 37.3 Å². The summed E-state index contributed by atoms with van der Waals surface area (Å²) in [4.78, 5) is 12.5. The van der Waals surface area contributed by atoms with Gasteiger partial charge in [0.15, 0.2) is 0 Å². The molecule has 0 spiro atoms. The average Bonchev–Trinajstić information content (AvgIpc) is 2.55. The molecule has 0 saturated carbocycles. The molecule has 0 fully saturated rings. The van der Waals surface area contributed by atoms with Gasteiger partial charge in [0.2, 0.25) is 0 Å². The maximum Gasteiger partial charge on any atom is 0.311 e. The fourth-order valence-electron chi connectivity index (χ4n) is 4.60. The van der Waals surface area contributed by atoms with Crippen LogP contribution in [-0.2, 0) is 11.2 Å². The zero-order valence-corrected chi connectivity index (χ0v) is 16.5. The van der Waals surface area contributed by atoms with Gasteiger partial charge in [0, 0.05) is 0 Å². The number of carboxylic acid groups (broad SMARTS) is 1. The van der Waals surface area contributed by atoms with Gasteiger partial charge in [0.05, 0.1) is 5.92 Å². The predicted octanol–water partition coefficient (Wildman–Crippen LogP) is 6.18. The molecule has 2 heteroatoms. The second-order valence-electron chi connectivity index (χ2n) is 8.40. The van der Waals surface area contributed by atoms with Crippen LogP contribution in [0.15, 0.2) is 60.7 Å². The number of hydrogen-bond acceptors (Lipinski definition) is 1. The Bertz CT molecular complexity index is 664. The maximum absolute atomic E-state index is 12.5. The third-order valence-corrected chi connectivity index (χ3v) is 5.02. The number of rotatable bonds is 9. The van der Waals surface area contributed by atoms with Crippen molar-refractivity contribution >= 4 is 5.97 Å². The normalized spacial score (nSPS) is 13.2. The lowest BCUT2D eigenvalue weighted by Gasteiger charge is -2.42. The summed E-state index contributed by atoms with van der Waals surface area (Å²) < 4.78 is 0. The van der Waals surface area contributed by atoms with Gasteiger partial charge in [-0.2, -0.15) is 0 Å². The Morgan fingerprint density at radius 3 is 1.73 bits per heavy atom. The minimum Gasteiger partial charge on any atom is -0.481 e. The van der Waals surface area contributed by atoms with Gasteiger partial charge in [-0.25, -0.2) is 0 Å². The summed E-state index contributed by atoms with van der Waals surface area (Å²) in [6.07, 6.45) is 2.58. The van der Waals surface area contributed by atoms with Crippen LogP contribution in [0.4, 0.5) is 0 Å². The zero-order valence-electron chi connectivity index (χ0n) is 16.5. The van der Waals surface area contributed by atoms with Gasteiger partial charge in [0.1, 0.15) is 0 Å². The van der Waals surface area contributed by atoms with Crippen molar-refractivity contribution in [2.45, 2.75) is 52.9 Å². The van der Waals surface area contributed by atoms with E-state index in [9.17, 15) is 9.90 Å². The summed E-state index contributed by atoms with van der Waals surface area (Å²) >= 11 is 0. The van der Waals surface area contributed by atoms with Crippen LogP contribution in [0.3, 0.4) is 0 Å². The maximum atomic E-state index is 12.5. The fraction of sp³-hybridized carbons (Fsp3) is 0.458. The van der Waals surface area contributed by atoms with Crippen molar-refractivity contribution in [2.24, 2.45) is 17.3 Å². The van der Waals surface area contributed by atoms with Crippen LogP contribution in [-0.4, -0.2) is 11.1 Å². The van der Waals surface area contributed by atoms with E-state index in [1.165, 1.54) is 5.56 Å². The van der Waals surface area contributed by atoms with E-state index in [-0.39, 0.29) is 5.41 Å². The highest BCUT2D eigenvalue weighted by molar-refractivity contribution is 5.77. The molecular formula is C24H32O2. The number of hydrogen-bond donors (Lipinski definition) is 1. The molecule has 2 nitrogen and oxygen atoms in total. The van der Waals surface area contributed by atoms with Crippen LogP contribution >= 0.6 is 0 Å². The van der Waals surface area contributed by atoms with Gasteiger partial charge < -0.3 is 5.11 Å². The minimum absolute atomic E-state index is 0.309. The molecule has 0 bridgehead atoms. The summed E-state index contributed by atoms with van der Waals surface area (Å²) in [7, 11) is 0. The third kappa shape index (κ3) is 5.20. The quantitative estimate of drug-likeness (QED) is 0.585. The smallest absolute Gasteiger partial charge is 0.311 e. The molecule has 2 rings (SSSR count). The summed E-state index contributed by atoms with van der Waals surface area (Å²) in [6, 6.07) is 20.1. The summed E-state index contributed by atoms with van der Waals surface area (Å²) in [5.41, 5.74) is 1.82. The Kier molecular flexibility index (Phi) is 7.02. The zero-order chi connectivity index (χ0) is 19.2. The largest absolute Gasteiger partial charge is 0.481 e. The highest BCUT2D eigenvalue weighted by Gasteiger charge is 2.44.